The van der Waals surface area contributed by atoms with Crippen LogP contribution in [0.15, 0.2) is 0 Å². The molecular formula is C44H86O3S3Sn. The van der Waals surface area contributed by atoms with E-state index in [1.165, 1.54) is 161 Å². The Bertz CT molecular complexity index is 745. The van der Waals surface area contributed by atoms with Gasteiger partial charge in [0.1, 0.15) is 0 Å². The van der Waals surface area contributed by atoms with Crippen LogP contribution in [-0.2, 0) is 9.22 Å². The number of rotatable bonds is 37. The summed E-state index contributed by atoms with van der Waals surface area (Å²) in [5.41, 5.74) is 0. The predicted octanol–water partition coefficient (Wildman–Crippen LogP) is 16.6. The molecule has 3 atom stereocenters. The third kappa shape index (κ3) is 29.4. The average Bonchev–Trinajstić information content (AvgIpc) is 3.11. The van der Waals surface area contributed by atoms with E-state index < -0.39 is 19.6 Å². The van der Waals surface area contributed by atoms with Gasteiger partial charge in [0.2, 0.25) is 0 Å². The van der Waals surface area contributed by atoms with E-state index in [9.17, 15) is 0 Å². The van der Waals surface area contributed by atoms with Gasteiger partial charge < -0.3 is 0 Å². The molecule has 0 saturated heterocycles. The molecule has 0 spiro atoms. The van der Waals surface area contributed by atoms with Crippen LogP contribution < -0.4 is 0 Å². The second kappa shape index (κ2) is 36.1. The van der Waals surface area contributed by atoms with Gasteiger partial charge in [-0.15, -0.1) is 0 Å². The first-order chi connectivity index (χ1) is 24.7. The van der Waals surface area contributed by atoms with Gasteiger partial charge in [0.25, 0.3) is 0 Å². The zero-order valence-electron chi connectivity index (χ0n) is 35.1. The molecule has 302 valence electrons. The average molecular weight is 878 g/mol. The van der Waals surface area contributed by atoms with Gasteiger partial charge in [-0.3, -0.25) is 0 Å². The molecule has 0 amide bonds. The van der Waals surface area contributed by atoms with E-state index in [2.05, 4.69) is 48.5 Å². The first kappa shape index (κ1) is 51.5. The van der Waals surface area contributed by atoms with E-state index in [0.717, 1.165) is 36.5 Å². The molecule has 3 nitrogen and oxygen atoms in total. The SMILES string of the molecule is CCCCCCCCCC(C)C(=S)[O][Sn]([CH2]CCCCCCC)([O]C(=S)C(C)CCCCCCCCC)[O]C(=S)C(C)CCCCCCCCC. The summed E-state index contributed by atoms with van der Waals surface area (Å²) >= 11 is 13.8. The summed E-state index contributed by atoms with van der Waals surface area (Å²) in [7, 11) is 0. The third-order valence-corrected chi connectivity index (χ3v) is 20.6. The minimum atomic E-state index is -4.39. The second-order valence-electron chi connectivity index (χ2n) is 15.9. The van der Waals surface area contributed by atoms with Crippen molar-refractivity contribution < 1.29 is 9.22 Å². The van der Waals surface area contributed by atoms with Gasteiger partial charge in [0.15, 0.2) is 0 Å². The number of thiocarbonyl (C=S) groups is 3. The van der Waals surface area contributed by atoms with Gasteiger partial charge in [-0.1, -0.05) is 0 Å². The fourth-order valence-corrected chi connectivity index (χ4v) is 17.1. The maximum atomic E-state index is 6.96. The summed E-state index contributed by atoms with van der Waals surface area (Å²) in [5.74, 6) is 0.544. The molecule has 7 heteroatoms. The zero-order chi connectivity index (χ0) is 38.0. The van der Waals surface area contributed by atoms with Crippen molar-refractivity contribution in [3.05, 3.63) is 0 Å². The van der Waals surface area contributed by atoms with Crippen LogP contribution in [0.5, 0.6) is 0 Å². The van der Waals surface area contributed by atoms with Gasteiger partial charge in [0, 0.05) is 0 Å². The van der Waals surface area contributed by atoms with E-state index in [1.54, 1.807) is 0 Å². The molecule has 0 rings (SSSR count). The van der Waals surface area contributed by atoms with E-state index in [0.29, 0.717) is 15.2 Å². The Morgan fingerprint density at radius 1 is 0.353 bits per heavy atom. The van der Waals surface area contributed by atoms with Crippen LogP contribution in [-0.4, -0.2) is 34.8 Å². The molecule has 0 aromatic rings. The molecule has 0 saturated carbocycles. The van der Waals surface area contributed by atoms with Crippen LogP contribution in [0.3, 0.4) is 0 Å². The van der Waals surface area contributed by atoms with Crippen molar-refractivity contribution in [2.75, 3.05) is 0 Å². The van der Waals surface area contributed by atoms with E-state index in [4.69, 9.17) is 45.9 Å². The Labute approximate surface area is 341 Å². The number of hydrogen-bond donors (Lipinski definition) is 0. The molecule has 0 heterocycles. The molecule has 3 unspecified atom stereocenters. The van der Waals surface area contributed by atoms with Gasteiger partial charge in [-0.05, 0) is 0 Å². The molecule has 0 N–H and O–H groups in total. The molecular weight excluding hydrogens is 791 g/mol. The van der Waals surface area contributed by atoms with Crippen molar-refractivity contribution in [3.63, 3.8) is 0 Å². The van der Waals surface area contributed by atoms with Crippen molar-refractivity contribution in [3.8, 4) is 0 Å². The molecule has 0 aromatic heterocycles. The Kier molecular flexibility index (Phi) is 36.5. The van der Waals surface area contributed by atoms with Crippen LogP contribution in [0, 0.1) is 17.8 Å². The molecule has 51 heavy (non-hydrogen) atoms. The van der Waals surface area contributed by atoms with Gasteiger partial charge in [-0.2, -0.15) is 0 Å². The minimum absolute atomic E-state index is 0.181. The van der Waals surface area contributed by atoms with Crippen molar-refractivity contribution in [2.24, 2.45) is 17.8 Å². The van der Waals surface area contributed by atoms with E-state index in [-0.39, 0.29) is 17.8 Å². The van der Waals surface area contributed by atoms with Crippen molar-refractivity contribution in [1.82, 2.24) is 0 Å². The third-order valence-electron chi connectivity index (χ3n) is 10.5. The predicted molar refractivity (Wildman–Crippen MR) is 240 cm³/mol. The molecule has 0 radical (unpaired) electrons. The van der Waals surface area contributed by atoms with Gasteiger partial charge >= 0.3 is 344 Å². The topological polar surface area (TPSA) is 27.7 Å². The van der Waals surface area contributed by atoms with Gasteiger partial charge in [-0.25, -0.2) is 0 Å². The Hall–Kier alpha value is 0.469. The second-order valence-corrected chi connectivity index (χ2v) is 24.2. The quantitative estimate of drug-likeness (QED) is 0.0351. The first-order valence-corrected chi connectivity index (χ1v) is 29.1. The van der Waals surface area contributed by atoms with Crippen molar-refractivity contribution >= 4 is 71.4 Å². The zero-order valence-corrected chi connectivity index (χ0v) is 40.4. The standard InChI is InChI=1S/3C12H24OS.C8H17.Sn/c3*1-3-4-5-6-7-8-9-10-11(2)12(13)14;1-3-5-7-8-6-4-2;/h3*11H,3-10H2,1-2H3,(H,13,14);1,3-8H2,2H3;/q;;;;+3/p-3. The summed E-state index contributed by atoms with van der Waals surface area (Å²) in [5, 5.41) is 1.98. The summed E-state index contributed by atoms with van der Waals surface area (Å²) < 4.78 is 21.7. The molecule has 0 aliphatic carbocycles. The Morgan fingerprint density at radius 2 is 0.569 bits per heavy atom. The van der Waals surface area contributed by atoms with Crippen LogP contribution >= 0.6 is 36.7 Å². The molecule has 0 aliphatic heterocycles. The van der Waals surface area contributed by atoms with Crippen LogP contribution in [0.4, 0.5) is 0 Å². The van der Waals surface area contributed by atoms with Crippen LogP contribution in [0.1, 0.15) is 241 Å². The Morgan fingerprint density at radius 3 is 0.824 bits per heavy atom. The number of unbranched alkanes of at least 4 members (excludes halogenated alkanes) is 23. The van der Waals surface area contributed by atoms with Crippen LogP contribution in [0.2, 0.25) is 4.44 Å². The van der Waals surface area contributed by atoms with Crippen molar-refractivity contribution in [1.29, 1.82) is 0 Å². The van der Waals surface area contributed by atoms with Gasteiger partial charge in [0.05, 0.1) is 0 Å². The molecule has 0 aliphatic rings. The fourth-order valence-electron chi connectivity index (χ4n) is 6.68. The monoisotopic (exact) mass is 878 g/mol. The fraction of sp³-hybridized carbons (Fsp3) is 0.932. The normalized spacial score (nSPS) is 14.4. The maximum absolute atomic E-state index is 6.96. The first-order valence-electron chi connectivity index (χ1n) is 22.3. The molecule has 0 aromatic carbocycles. The Balaban J connectivity index is 5.76. The summed E-state index contributed by atoms with van der Waals surface area (Å²) in [6.45, 7) is 15.8. The van der Waals surface area contributed by atoms with Crippen molar-refractivity contribution in [2.45, 2.75) is 246 Å². The van der Waals surface area contributed by atoms with E-state index >= 15 is 0 Å². The summed E-state index contributed by atoms with van der Waals surface area (Å²) in [6, 6.07) is 0. The summed E-state index contributed by atoms with van der Waals surface area (Å²) in [6.07, 6.45) is 37.6. The van der Waals surface area contributed by atoms with E-state index in [1.807, 2.05) is 0 Å². The van der Waals surface area contributed by atoms with Crippen LogP contribution in [0.25, 0.3) is 0 Å². The molecule has 0 bridgehead atoms. The molecule has 0 fully saturated rings. The number of hydrogen-bond acceptors (Lipinski definition) is 6. The summed E-state index contributed by atoms with van der Waals surface area (Å²) in [4.78, 5) is 0.